The van der Waals surface area contributed by atoms with Crippen LogP contribution in [0.15, 0.2) is 0 Å². The normalized spacial score (nSPS) is 11.0. The summed E-state index contributed by atoms with van der Waals surface area (Å²) in [7, 11) is 0. The second-order valence-corrected chi connectivity index (χ2v) is 5.01. The molecule has 0 atom stereocenters. The molecule has 0 aromatic heterocycles. The third-order valence-corrected chi connectivity index (χ3v) is 3.39. The third-order valence-electron chi connectivity index (χ3n) is 3.39. The molecule has 16 heavy (non-hydrogen) atoms. The topological polar surface area (TPSA) is 17.1 Å². The van der Waals surface area contributed by atoms with Crippen LogP contribution in [-0.4, -0.2) is 5.78 Å². The first-order chi connectivity index (χ1) is 7.72. The first-order valence-electron chi connectivity index (χ1n) is 7.22. The molecule has 0 saturated heterocycles. The lowest BCUT2D eigenvalue weighted by Crippen LogP contribution is -2.10. The molecule has 0 aromatic rings. The van der Waals surface area contributed by atoms with Crippen LogP contribution in [0.5, 0.6) is 0 Å². The predicted molar refractivity (Wildman–Crippen MR) is 71.7 cm³/mol. The first kappa shape index (κ1) is 15.7. The minimum absolute atomic E-state index is 0.355. The Kier molecular flexibility index (Phi) is 10.9. The fourth-order valence-electron chi connectivity index (χ4n) is 2.19. The molecule has 0 spiro atoms. The maximum Gasteiger partial charge on any atom is 0.132 e. The molecule has 0 aliphatic heterocycles. The van der Waals surface area contributed by atoms with Crippen LogP contribution >= 0.6 is 0 Å². The molecule has 0 rings (SSSR count). The van der Waals surface area contributed by atoms with Crippen LogP contribution in [0.1, 0.15) is 85.0 Å². The summed E-state index contributed by atoms with van der Waals surface area (Å²) in [5.41, 5.74) is 0. The van der Waals surface area contributed by atoms with E-state index in [0.29, 0.717) is 11.7 Å². The van der Waals surface area contributed by atoms with Gasteiger partial charge in [0.2, 0.25) is 0 Å². The van der Waals surface area contributed by atoms with Crippen molar-refractivity contribution in [1.29, 1.82) is 0 Å². The molecular formula is C15H30O. The second kappa shape index (κ2) is 11.2. The van der Waals surface area contributed by atoms with Crippen molar-refractivity contribution in [3.05, 3.63) is 0 Å². The number of rotatable bonds is 11. The monoisotopic (exact) mass is 226 g/mol. The molecule has 0 N–H and O–H groups in total. The Morgan fingerprint density at radius 2 is 1.25 bits per heavy atom. The van der Waals surface area contributed by atoms with E-state index in [0.717, 1.165) is 12.8 Å². The van der Waals surface area contributed by atoms with Gasteiger partial charge in [-0.05, 0) is 19.8 Å². The largest absolute Gasteiger partial charge is 0.300 e. The molecule has 0 aromatic carbocycles. The van der Waals surface area contributed by atoms with Crippen molar-refractivity contribution in [2.45, 2.75) is 85.0 Å². The number of hydrogen-bond donors (Lipinski definition) is 0. The summed E-state index contributed by atoms with van der Waals surface area (Å²) in [6.07, 6.45) is 12.5. The van der Waals surface area contributed by atoms with Gasteiger partial charge in [-0.1, -0.05) is 65.2 Å². The van der Waals surface area contributed by atoms with E-state index in [1.807, 2.05) is 0 Å². The van der Waals surface area contributed by atoms with E-state index in [2.05, 4.69) is 13.8 Å². The molecule has 0 radical (unpaired) electrons. The fraction of sp³-hybridized carbons (Fsp3) is 0.933. The lowest BCUT2D eigenvalue weighted by molar-refractivity contribution is -0.121. The molecule has 0 aliphatic rings. The van der Waals surface area contributed by atoms with Crippen LogP contribution in [-0.2, 0) is 4.79 Å². The predicted octanol–water partition coefficient (Wildman–Crippen LogP) is 5.13. The van der Waals surface area contributed by atoms with Gasteiger partial charge in [-0.2, -0.15) is 0 Å². The van der Waals surface area contributed by atoms with Gasteiger partial charge in [0.15, 0.2) is 0 Å². The number of carbonyl (C=O) groups is 1. The zero-order valence-corrected chi connectivity index (χ0v) is 11.6. The highest BCUT2D eigenvalue weighted by atomic mass is 16.1. The van der Waals surface area contributed by atoms with Crippen molar-refractivity contribution in [2.24, 2.45) is 5.92 Å². The van der Waals surface area contributed by atoms with E-state index < -0.39 is 0 Å². The Hall–Kier alpha value is -0.330. The van der Waals surface area contributed by atoms with Gasteiger partial charge in [-0.3, -0.25) is 4.79 Å². The summed E-state index contributed by atoms with van der Waals surface area (Å²) in [6.45, 7) is 6.23. The molecule has 96 valence electrons. The van der Waals surface area contributed by atoms with Crippen molar-refractivity contribution in [2.75, 3.05) is 0 Å². The Labute approximate surface area is 102 Å². The molecular weight excluding hydrogens is 196 g/mol. The summed E-state index contributed by atoms with van der Waals surface area (Å²) >= 11 is 0. The number of hydrogen-bond acceptors (Lipinski definition) is 1. The quantitative estimate of drug-likeness (QED) is 0.446. The number of carbonyl (C=O) groups excluding carboxylic acids is 1. The van der Waals surface area contributed by atoms with Gasteiger partial charge in [0, 0.05) is 5.92 Å². The lowest BCUT2D eigenvalue weighted by Gasteiger charge is -2.13. The summed E-state index contributed by atoms with van der Waals surface area (Å²) in [6, 6.07) is 0. The Balaban J connectivity index is 3.59. The maximum absolute atomic E-state index is 11.5. The SMILES string of the molecule is CCCCCCC(CCCCCC)C(C)=O. The van der Waals surface area contributed by atoms with Crippen molar-refractivity contribution in [3.8, 4) is 0 Å². The summed E-state index contributed by atoms with van der Waals surface area (Å²) in [4.78, 5) is 11.5. The van der Waals surface area contributed by atoms with Crippen molar-refractivity contribution in [1.82, 2.24) is 0 Å². The maximum atomic E-state index is 11.5. The molecule has 1 heteroatoms. The van der Waals surface area contributed by atoms with E-state index in [4.69, 9.17) is 0 Å². The van der Waals surface area contributed by atoms with Crippen LogP contribution in [0, 0.1) is 5.92 Å². The average molecular weight is 226 g/mol. The Morgan fingerprint density at radius 1 is 0.812 bits per heavy atom. The highest BCUT2D eigenvalue weighted by molar-refractivity contribution is 5.78. The average Bonchev–Trinajstić information content (AvgIpc) is 2.26. The zero-order chi connectivity index (χ0) is 12.2. The highest BCUT2D eigenvalue weighted by Crippen LogP contribution is 2.19. The molecule has 1 nitrogen and oxygen atoms in total. The smallest absolute Gasteiger partial charge is 0.132 e. The van der Waals surface area contributed by atoms with Crippen molar-refractivity contribution >= 4 is 5.78 Å². The minimum Gasteiger partial charge on any atom is -0.300 e. The Morgan fingerprint density at radius 3 is 1.56 bits per heavy atom. The molecule has 0 fully saturated rings. The third kappa shape index (κ3) is 8.94. The Bertz CT molecular complexity index is 151. The molecule has 0 heterocycles. The van der Waals surface area contributed by atoms with E-state index in [-0.39, 0.29) is 0 Å². The van der Waals surface area contributed by atoms with Crippen molar-refractivity contribution in [3.63, 3.8) is 0 Å². The fourth-order valence-corrected chi connectivity index (χ4v) is 2.19. The highest BCUT2D eigenvalue weighted by Gasteiger charge is 2.12. The van der Waals surface area contributed by atoms with Gasteiger partial charge >= 0.3 is 0 Å². The van der Waals surface area contributed by atoms with Gasteiger partial charge in [0.05, 0.1) is 0 Å². The minimum atomic E-state index is 0.355. The zero-order valence-electron chi connectivity index (χ0n) is 11.6. The second-order valence-electron chi connectivity index (χ2n) is 5.01. The molecule has 0 aliphatic carbocycles. The van der Waals surface area contributed by atoms with Gasteiger partial charge < -0.3 is 0 Å². The first-order valence-corrected chi connectivity index (χ1v) is 7.22. The molecule has 0 unspecified atom stereocenters. The van der Waals surface area contributed by atoms with Crippen LogP contribution in [0.3, 0.4) is 0 Å². The van der Waals surface area contributed by atoms with Gasteiger partial charge in [0.1, 0.15) is 5.78 Å². The van der Waals surface area contributed by atoms with E-state index in [1.54, 1.807) is 6.92 Å². The van der Waals surface area contributed by atoms with Crippen LogP contribution < -0.4 is 0 Å². The van der Waals surface area contributed by atoms with Gasteiger partial charge in [-0.25, -0.2) is 0 Å². The molecule has 0 bridgehead atoms. The van der Waals surface area contributed by atoms with Gasteiger partial charge in [-0.15, -0.1) is 0 Å². The van der Waals surface area contributed by atoms with Crippen LogP contribution in [0.25, 0.3) is 0 Å². The van der Waals surface area contributed by atoms with Crippen LogP contribution in [0.4, 0.5) is 0 Å². The van der Waals surface area contributed by atoms with E-state index >= 15 is 0 Å². The number of Topliss-reactive ketones (excluding diaryl/α,β-unsaturated/α-hetero) is 1. The van der Waals surface area contributed by atoms with E-state index in [1.165, 1.54) is 51.4 Å². The lowest BCUT2D eigenvalue weighted by atomic mass is 9.91. The van der Waals surface area contributed by atoms with Crippen molar-refractivity contribution < 1.29 is 4.79 Å². The summed E-state index contributed by atoms with van der Waals surface area (Å²) < 4.78 is 0. The van der Waals surface area contributed by atoms with Gasteiger partial charge in [0.25, 0.3) is 0 Å². The summed E-state index contributed by atoms with van der Waals surface area (Å²) in [5.74, 6) is 0.765. The van der Waals surface area contributed by atoms with Crippen LogP contribution in [0.2, 0.25) is 0 Å². The summed E-state index contributed by atoms with van der Waals surface area (Å²) in [5, 5.41) is 0. The molecule has 0 amide bonds. The number of ketones is 1. The van der Waals surface area contributed by atoms with E-state index in [9.17, 15) is 4.79 Å². The number of unbranched alkanes of at least 4 members (excludes halogenated alkanes) is 6. The molecule has 0 saturated carbocycles. The standard InChI is InChI=1S/C15H30O/c1-4-6-8-10-12-15(14(3)16)13-11-9-7-5-2/h15H,4-13H2,1-3H3.